The molecule has 0 radical (unpaired) electrons. The molecule has 7 heteroatoms. The Morgan fingerprint density at radius 3 is 2.67 bits per heavy atom. The maximum atomic E-state index is 12.8. The largest absolute Gasteiger partial charge is 0.351 e. The van der Waals surface area contributed by atoms with E-state index < -0.39 is 0 Å². The normalized spacial score (nSPS) is 13.7. The number of urea groups is 1. The van der Waals surface area contributed by atoms with E-state index in [1.807, 2.05) is 53.4 Å². The monoisotopic (exact) mass is 420 g/mol. The molecule has 1 N–H and O–H groups in total. The van der Waals surface area contributed by atoms with Gasteiger partial charge in [0.25, 0.3) is 5.91 Å². The van der Waals surface area contributed by atoms with E-state index in [0.717, 1.165) is 12.0 Å². The van der Waals surface area contributed by atoms with Crippen LogP contribution in [0.3, 0.4) is 0 Å². The van der Waals surface area contributed by atoms with Crippen LogP contribution in [0.1, 0.15) is 26.4 Å². The summed E-state index contributed by atoms with van der Waals surface area (Å²) in [5.41, 5.74) is 3.50. The molecule has 1 aromatic heterocycles. The smallest absolute Gasteiger partial charge is 0.326 e. The molecule has 3 aromatic rings. The van der Waals surface area contributed by atoms with Gasteiger partial charge in [0.1, 0.15) is 4.88 Å². The predicted molar refractivity (Wildman–Crippen MR) is 119 cm³/mol. The molecule has 30 heavy (non-hydrogen) atoms. The number of hydrogen-bond acceptors (Lipinski definition) is 4. The van der Waals surface area contributed by atoms with Crippen LogP contribution in [0.4, 0.5) is 9.93 Å². The first-order valence-corrected chi connectivity index (χ1v) is 10.8. The Bertz CT molecular complexity index is 1030. The standard InChI is InChI=1S/C23H24N4O2S/c1-17-7-5-6-10-19(17)16-26-13-14-27(23(26)29)22-25-15-20(30-22)21(28)24-12-11-18-8-3-2-4-9-18/h2-10,15H,11-14,16H2,1H3,(H,24,28). The van der Waals surface area contributed by atoms with Crippen molar-refractivity contribution in [3.8, 4) is 0 Å². The minimum atomic E-state index is -0.155. The van der Waals surface area contributed by atoms with Crippen LogP contribution < -0.4 is 10.2 Å². The van der Waals surface area contributed by atoms with Gasteiger partial charge < -0.3 is 10.2 Å². The lowest BCUT2D eigenvalue weighted by Gasteiger charge is -2.18. The molecule has 4 rings (SSSR count). The molecule has 3 amide bonds. The summed E-state index contributed by atoms with van der Waals surface area (Å²) in [4.78, 5) is 33.6. The lowest BCUT2D eigenvalue weighted by Crippen LogP contribution is -2.31. The van der Waals surface area contributed by atoms with Gasteiger partial charge >= 0.3 is 6.03 Å². The second-order valence-corrected chi connectivity index (χ2v) is 8.29. The number of nitrogens with zero attached hydrogens (tertiary/aromatic N) is 3. The molecule has 1 aliphatic rings. The van der Waals surface area contributed by atoms with E-state index in [4.69, 9.17) is 0 Å². The Morgan fingerprint density at radius 1 is 1.10 bits per heavy atom. The molecule has 1 saturated heterocycles. The Labute approximate surface area is 180 Å². The van der Waals surface area contributed by atoms with Gasteiger partial charge in [-0.3, -0.25) is 9.69 Å². The van der Waals surface area contributed by atoms with Crippen LogP contribution in [-0.4, -0.2) is 41.5 Å². The number of thiazole rings is 1. The first kappa shape index (κ1) is 20.1. The van der Waals surface area contributed by atoms with Gasteiger partial charge in [0.15, 0.2) is 5.13 Å². The van der Waals surface area contributed by atoms with E-state index in [9.17, 15) is 9.59 Å². The first-order valence-electron chi connectivity index (χ1n) is 10.0. The number of benzene rings is 2. The highest BCUT2D eigenvalue weighted by Gasteiger charge is 2.32. The topological polar surface area (TPSA) is 65.5 Å². The van der Waals surface area contributed by atoms with Crippen molar-refractivity contribution < 1.29 is 9.59 Å². The molecule has 1 fully saturated rings. The maximum Gasteiger partial charge on any atom is 0.326 e. The van der Waals surface area contributed by atoms with Crippen LogP contribution in [0, 0.1) is 6.92 Å². The van der Waals surface area contributed by atoms with Crippen molar-refractivity contribution in [2.75, 3.05) is 24.5 Å². The number of aryl methyl sites for hydroxylation is 1. The summed E-state index contributed by atoms with van der Waals surface area (Å²) in [5, 5.41) is 3.50. The van der Waals surface area contributed by atoms with Gasteiger partial charge in [-0.2, -0.15) is 0 Å². The van der Waals surface area contributed by atoms with Crippen LogP contribution in [0.5, 0.6) is 0 Å². The minimum absolute atomic E-state index is 0.0661. The Balaban J connectivity index is 1.34. The summed E-state index contributed by atoms with van der Waals surface area (Å²) in [6.07, 6.45) is 2.33. The van der Waals surface area contributed by atoms with Crippen LogP contribution >= 0.6 is 11.3 Å². The molecule has 0 unspecified atom stereocenters. The number of nitrogens with one attached hydrogen (secondary N) is 1. The average molecular weight is 421 g/mol. The lowest BCUT2D eigenvalue weighted by atomic mass is 10.1. The van der Waals surface area contributed by atoms with Gasteiger partial charge in [0.2, 0.25) is 0 Å². The zero-order valence-corrected chi connectivity index (χ0v) is 17.7. The van der Waals surface area contributed by atoms with Crippen LogP contribution in [0.15, 0.2) is 60.8 Å². The molecular formula is C23H24N4O2S. The molecule has 0 aliphatic carbocycles. The van der Waals surface area contributed by atoms with Crippen molar-refractivity contribution >= 4 is 28.4 Å². The van der Waals surface area contributed by atoms with Crippen molar-refractivity contribution in [1.29, 1.82) is 0 Å². The molecule has 2 heterocycles. The lowest BCUT2D eigenvalue weighted by molar-refractivity contribution is 0.0958. The third kappa shape index (κ3) is 4.52. The quantitative estimate of drug-likeness (QED) is 0.631. The van der Waals surface area contributed by atoms with Gasteiger partial charge in [-0.25, -0.2) is 9.78 Å². The summed E-state index contributed by atoms with van der Waals surface area (Å²) in [6, 6.07) is 18.1. The van der Waals surface area contributed by atoms with Gasteiger partial charge in [-0.15, -0.1) is 0 Å². The van der Waals surface area contributed by atoms with Gasteiger partial charge in [-0.05, 0) is 30.0 Å². The molecule has 0 saturated carbocycles. The molecule has 154 valence electrons. The summed E-state index contributed by atoms with van der Waals surface area (Å²) >= 11 is 1.26. The first-order chi connectivity index (χ1) is 14.6. The van der Waals surface area contributed by atoms with Gasteiger partial charge in [-0.1, -0.05) is 65.9 Å². The van der Waals surface area contributed by atoms with Crippen LogP contribution in [-0.2, 0) is 13.0 Å². The molecule has 6 nitrogen and oxygen atoms in total. The third-order valence-electron chi connectivity index (χ3n) is 5.21. The number of carbonyl (C=O) groups is 2. The van der Waals surface area contributed by atoms with E-state index in [1.165, 1.54) is 22.5 Å². The number of amides is 3. The zero-order valence-electron chi connectivity index (χ0n) is 16.9. The number of hydrogen-bond donors (Lipinski definition) is 1. The van der Waals surface area contributed by atoms with E-state index in [0.29, 0.717) is 36.2 Å². The fourth-order valence-corrected chi connectivity index (χ4v) is 4.30. The second-order valence-electron chi connectivity index (χ2n) is 7.28. The average Bonchev–Trinajstić information content (AvgIpc) is 3.38. The number of carbonyl (C=O) groups excluding carboxylic acids is 2. The number of rotatable bonds is 7. The van der Waals surface area contributed by atoms with E-state index >= 15 is 0 Å². The second kappa shape index (κ2) is 9.09. The fourth-order valence-electron chi connectivity index (χ4n) is 3.45. The van der Waals surface area contributed by atoms with Gasteiger partial charge in [0.05, 0.1) is 6.20 Å². The number of anilines is 1. The molecule has 2 aromatic carbocycles. The zero-order chi connectivity index (χ0) is 20.9. The summed E-state index contributed by atoms with van der Waals surface area (Å²) in [6.45, 7) is 4.42. The Morgan fingerprint density at radius 2 is 1.87 bits per heavy atom. The minimum Gasteiger partial charge on any atom is -0.351 e. The van der Waals surface area contributed by atoms with Crippen molar-refractivity contribution in [2.45, 2.75) is 19.9 Å². The van der Waals surface area contributed by atoms with Gasteiger partial charge in [0, 0.05) is 26.2 Å². The molecule has 0 bridgehead atoms. The highest BCUT2D eigenvalue weighted by atomic mass is 32.1. The van der Waals surface area contributed by atoms with E-state index in [1.54, 1.807) is 11.1 Å². The van der Waals surface area contributed by atoms with Crippen molar-refractivity contribution in [1.82, 2.24) is 15.2 Å². The highest BCUT2D eigenvalue weighted by molar-refractivity contribution is 7.17. The van der Waals surface area contributed by atoms with E-state index in [2.05, 4.69) is 23.3 Å². The maximum absolute atomic E-state index is 12.8. The predicted octanol–water partition coefficient (Wildman–Crippen LogP) is 3.87. The molecule has 1 aliphatic heterocycles. The summed E-state index contributed by atoms with van der Waals surface area (Å²) in [5.74, 6) is -0.155. The summed E-state index contributed by atoms with van der Waals surface area (Å²) in [7, 11) is 0. The van der Waals surface area contributed by atoms with Crippen LogP contribution in [0.2, 0.25) is 0 Å². The van der Waals surface area contributed by atoms with E-state index in [-0.39, 0.29) is 11.9 Å². The molecule has 0 atom stereocenters. The number of aromatic nitrogens is 1. The summed E-state index contributed by atoms with van der Waals surface area (Å²) < 4.78 is 0. The van der Waals surface area contributed by atoms with Crippen LogP contribution in [0.25, 0.3) is 0 Å². The third-order valence-corrected chi connectivity index (χ3v) is 6.23. The van der Waals surface area contributed by atoms with Crippen molar-refractivity contribution in [3.63, 3.8) is 0 Å². The molecular weight excluding hydrogens is 396 g/mol. The Kier molecular flexibility index (Phi) is 6.09. The van der Waals surface area contributed by atoms with Crippen molar-refractivity contribution in [2.24, 2.45) is 0 Å². The molecule has 0 spiro atoms. The Hall–Kier alpha value is -3.19. The fraction of sp³-hybridized carbons (Fsp3) is 0.261. The SMILES string of the molecule is Cc1ccccc1CN1CCN(c2ncc(C(=O)NCCc3ccccc3)s2)C1=O. The highest BCUT2D eigenvalue weighted by Crippen LogP contribution is 2.27. The van der Waals surface area contributed by atoms with Crippen molar-refractivity contribution in [3.05, 3.63) is 82.4 Å².